The Morgan fingerprint density at radius 1 is 1.15 bits per heavy atom. The summed E-state index contributed by atoms with van der Waals surface area (Å²) in [4.78, 5) is 6.03. The molecule has 5 nitrogen and oxygen atoms in total. The molecular weight excluding hydrogens is 374 g/mol. The summed E-state index contributed by atoms with van der Waals surface area (Å²) in [5.41, 5.74) is 1.32. The minimum Gasteiger partial charge on any atom is -0.341 e. The van der Waals surface area contributed by atoms with Gasteiger partial charge in [0.25, 0.3) is 0 Å². The van der Waals surface area contributed by atoms with Gasteiger partial charge in [-0.3, -0.25) is 9.47 Å². The van der Waals surface area contributed by atoms with E-state index in [-0.39, 0.29) is 0 Å². The lowest BCUT2D eigenvalue weighted by atomic mass is 10.1. The van der Waals surface area contributed by atoms with Crippen molar-refractivity contribution in [2.45, 2.75) is 56.3 Å². The number of rotatable bonds is 7. The van der Waals surface area contributed by atoms with E-state index in [1.807, 2.05) is 4.68 Å². The van der Waals surface area contributed by atoms with Crippen LogP contribution in [0.25, 0.3) is 0 Å². The van der Waals surface area contributed by atoms with Gasteiger partial charge in [0.05, 0.1) is 6.67 Å². The SMILES string of the molecule is CSc1ccc(CN(C)Cn2nc(N3CCCCC3)n(C3CC3)c2=S)cc1. The molecular formula is C20H29N5S2. The summed E-state index contributed by atoms with van der Waals surface area (Å²) in [6.07, 6.45) is 8.43. The summed E-state index contributed by atoms with van der Waals surface area (Å²) in [6, 6.07) is 9.37. The number of thioether (sulfide) groups is 1. The molecule has 0 amide bonds. The van der Waals surface area contributed by atoms with Gasteiger partial charge in [-0.15, -0.1) is 16.9 Å². The van der Waals surface area contributed by atoms with Crippen LogP contribution in [0.3, 0.4) is 0 Å². The molecule has 1 saturated heterocycles. The number of benzene rings is 1. The molecule has 146 valence electrons. The fraction of sp³-hybridized carbons (Fsp3) is 0.600. The number of anilines is 1. The topological polar surface area (TPSA) is 29.2 Å². The van der Waals surface area contributed by atoms with E-state index in [0.717, 1.165) is 37.0 Å². The maximum absolute atomic E-state index is 5.82. The molecule has 0 bridgehead atoms. The summed E-state index contributed by atoms with van der Waals surface area (Å²) in [5.74, 6) is 1.10. The monoisotopic (exact) mass is 403 g/mol. The van der Waals surface area contributed by atoms with Gasteiger partial charge in [0, 0.05) is 30.6 Å². The lowest BCUT2D eigenvalue weighted by Crippen LogP contribution is -2.32. The van der Waals surface area contributed by atoms with Gasteiger partial charge in [-0.1, -0.05) is 12.1 Å². The maximum Gasteiger partial charge on any atom is 0.226 e. The van der Waals surface area contributed by atoms with Crippen molar-refractivity contribution in [2.24, 2.45) is 0 Å². The first-order valence-corrected chi connectivity index (χ1v) is 11.5. The summed E-state index contributed by atoms with van der Waals surface area (Å²) < 4.78 is 5.22. The second-order valence-corrected chi connectivity index (χ2v) is 8.98. The summed E-state index contributed by atoms with van der Waals surface area (Å²) in [7, 11) is 2.14. The minimum absolute atomic E-state index is 0.563. The zero-order valence-electron chi connectivity index (χ0n) is 16.3. The predicted molar refractivity (Wildman–Crippen MR) is 115 cm³/mol. The molecule has 2 fully saturated rings. The standard InChI is InChI=1S/C20H29N5S2/c1-22(14-16-6-10-18(27-2)11-7-16)15-24-20(26)25(17-8-9-17)19(21-24)23-12-4-3-5-13-23/h6-7,10-11,17H,3-5,8-9,12-15H2,1-2H3. The van der Waals surface area contributed by atoms with Gasteiger partial charge in [0.15, 0.2) is 0 Å². The smallest absolute Gasteiger partial charge is 0.226 e. The van der Waals surface area contributed by atoms with E-state index in [9.17, 15) is 0 Å². The Hall–Kier alpha value is -1.31. The van der Waals surface area contributed by atoms with E-state index in [2.05, 4.69) is 51.9 Å². The third-order valence-electron chi connectivity index (χ3n) is 5.39. The zero-order chi connectivity index (χ0) is 18.8. The van der Waals surface area contributed by atoms with Gasteiger partial charge >= 0.3 is 0 Å². The quantitative estimate of drug-likeness (QED) is 0.500. The summed E-state index contributed by atoms with van der Waals surface area (Å²) >= 11 is 7.60. The fourth-order valence-corrected chi connectivity index (χ4v) is 4.52. The number of piperidine rings is 1. The average molecular weight is 404 g/mol. The van der Waals surface area contributed by atoms with Crippen LogP contribution in [0.4, 0.5) is 5.95 Å². The highest BCUT2D eigenvalue weighted by atomic mass is 32.2. The molecule has 0 spiro atoms. The Bertz CT molecular complexity index is 816. The van der Waals surface area contributed by atoms with Crippen molar-refractivity contribution in [3.05, 3.63) is 34.6 Å². The van der Waals surface area contributed by atoms with Gasteiger partial charge in [0.1, 0.15) is 0 Å². The highest BCUT2D eigenvalue weighted by Crippen LogP contribution is 2.38. The van der Waals surface area contributed by atoms with Crippen molar-refractivity contribution >= 4 is 29.9 Å². The van der Waals surface area contributed by atoms with Crippen LogP contribution in [-0.2, 0) is 13.2 Å². The van der Waals surface area contributed by atoms with Crippen LogP contribution in [0.15, 0.2) is 29.2 Å². The predicted octanol–water partition coefficient (Wildman–Crippen LogP) is 4.55. The second-order valence-electron chi connectivity index (χ2n) is 7.73. The van der Waals surface area contributed by atoms with Crippen molar-refractivity contribution in [3.8, 4) is 0 Å². The highest BCUT2D eigenvalue weighted by Gasteiger charge is 2.31. The summed E-state index contributed by atoms with van der Waals surface area (Å²) in [5, 5.41) is 4.96. The van der Waals surface area contributed by atoms with Crippen molar-refractivity contribution in [2.75, 3.05) is 31.3 Å². The van der Waals surface area contributed by atoms with Gasteiger partial charge in [-0.2, -0.15) is 0 Å². The largest absolute Gasteiger partial charge is 0.341 e. The lowest BCUT2D eigenvalue weighted by molar-refractivity contribution is 0.243. The molecule has 1 aliphatic heterocycles. The Morgan fingerprint density at radius 2 is 1.85 bits per heavy atom. The van der Waals surface area contributed by atoms with E-state index in [4.69, 9.17) is 17.3 Å². The van der Waals surface area contributed by atoms with Crippen LogP contribution in [0.5, 0.6) is 0 Å². The Kier molecular flexibility index (Phi) is 5.90. The first-order valence-electron chi connectivity index (χ1n) is 9.91. The van der Waals surface area contributed by atoms with Crippen LogP contribution in [0, 0.1) is 4.77 Å². The maximum atomic E-state index is 5.82. The van der Waals surface area contributed by atoms with Crippen LogP contribution in [-0.4, -0.2) is 45.6 Å². The van der Waals surface area contributed by atoms with E-state index < -0.39 is 0 Å². The van der Waals surface area contributed by atoms with Crippen LogP contribution in [0.1, 0.15) is 43.7 Å². The molecule has 1 aromatic carbocycles. The molecule has 0 N–H and O–H groups in total. The second kappa shape index (κ2) is 8.37. The van der Waals surface area contributed by atoms with Crippen molar-refractivity contribution in [1.82, 2.24) is 19.2 Å². The molecule has 2 heterocycles. The molecule has 27 heavy (non-hydrogen) atoms. The number of aromatic nitrogens is 3. The minimum atomic E-state index is 0.563. The van der Waals surface area contributed by atoms with Gasteiger partial charge in [-0.05, 0) is 75.3 Å². The van der Waals surface area contributed by atoms with Gasteiger partial charge in [0.2, 0.25) is 10.7 Å². The molecule has 7 heteroatoms. The first kappa shape index (κ1) is 19.0. The molecule has 4 rings (SSSR count). The highest BCUT2D eigenvalue weighted by molar-refractivity contribution is 7.98. The normalized spacial score (nSPS) is 17.7. The van der Waals surface area contributed by atoms with Crippen LogP contribution < -0.4 is 4.90 Å². The number of hydrogen-bond acceptors (Lipinski definition) is 5. The molecule has 1 aromatic heterocycles. The van der Waals surface area contributed by atoms with E-state index >= 15 is 0 Å². The van der Waals surface area contributed by atoms with Crippen molar-refractivity contribution in [1.29, 1.82) is 0 Å². The van der Waals surface area contributed by atoms with Crippen molar-refractivity contribution < 1.29 is 0 Å². The van der Waals surface area contributed by atoms with Crippen LogP contribution in [0.2, 0.25) is 0 Å². The fourth-order valence-electron chi connectivity index (χ4n) is 3.78. The number of nitrogens with zero attached hydrogens (tertiary/aromatic N) is 5. The van der Waals surface area contributed by atoms with Crippen molar-refractivity contribution in [3.63, 3.8) is 0 Å². The Morgan fingerprint density at radius 3 is 2.48 bits per heavy atom. The van der Waals surface area contributed by atoms with Crippen LogP contribution >= 0.6 is 24.0 Å². The first-order chi connectivity index (χ1) is 13.2. The molecule has 0 atom stereocenters. The Balaban J connectivity index is 1.50. The van der Waals surface area contributed by atoms with E-state index in [1.165, 1.54) is 42.6 Å². The molecule has 0 radical (unpaired) electrons. The number of hydrogen-bond donors (Lipinski definition) is 0. The Labute approximate surface area is 171 Å². The molecule has 1 saturated carbocycles. The zero-order valence-corrected chi connectivity index (χ0v) is 17.9. The third kappa shape index (κ3) is 4.41. The van der Waals surface area contributed by atoms with E-state index in [0.29, 0.717) is 6.04 Å². The molecule has 2 aromatic rings. The van der Waals surface area contributed by atoms with E-state index in [1.54, 1.807) is 11.8 Å². The lowest BCUT2D eigenvalue weighted by Gasteiger charge is -2.27. The molecule has 2 aliphatic rings. The third-order valence-corrected chi connectivity index (χ3v) is 6.54. The molecule has 1 aliphatic carbocycles. The average Bonchev–Trinajstić information content (AvgIpc) is 3.48. The van der Waals surface area contributed by atoms with Gasteiger partial charge in [-0.25, -0.2) is 4.68 Å². The molecule has 0 unspecified atom stereocenters. The summed E-state index contributed by atoms with van der Waals surface area (Å²) in [6.45, 7) is 3.84. The van der Waals surface area contributed by atoms with Gasteiger partial charge < -0.3 is 4.90 Å².